The molecule has 0 aromatic heterocycles. The highest BCUT2D eigenvalue weighted by Crippen LogP contribution is 2.47. The molecular weight excluding hydrogens is 461 g/mol. The van der Waals surface area contributed by atoms with E-state index in [1.54, 1.807) is 7.11 Å². The summed E-state index contributed by atoms with van der Waals surface area (Å²) in [5.41, 5.74) is 3.13. The number of halogens is 1. The molecule has 1 aliphatic carbocycles. The van der Waals surface area contributed by atoms with E-state index in [4.69, 9.17) is 4.74 Å². The summed E-state index contributed by atoms with van der Waals surface area (Å²) < 4.78 is 5.28. The summed E-state index contributed by atoms with van der Waals surface area (Å²) in [6, 6.07) is 19.4. The Balaban J connectivity index is 0.00000225. The number of nitrogens with one attached hydrogen (secondary N) is 1. The van der Waals surface area contributed by atoms with Gasteiger partial charge in [0.05, 0.1) is 7.11 Å². The second kappa shape index (κ2) is 9.16. The molecule has 2 aromatic carbocycles. The quantitative estimate of drug-likeness (QED) is 0.383. The van der Waals surface area contributed by atoms with Gasteiger partial charge in [0.15, 0.2) is 5.96 Å². The van der Waals surface area contributed by atoms with Crippen molar-refractivity contribution in [3.63, 3.8) is 0 Å². The van der Waals surface area contributed by atoms with Gasteiger partial charge in [0.2, 0.25) is 0 Å². The van der Waals surface area contributed by atoms with Crippen LogP contribution >= 0.6 is 24.0 Å². The molecule has 0 bridgehead atoms. The molecule has 1 saturated heterocycles. The maximum atomic E-state index is 5.28. The van der Waals surface area contributed by atoms with Crippen molar-refractivity contribution < 1.29 is 4.74 Å². The van der Waals surface area contributed by atoms with Gasteiger partial charge in [0.1, 0.15) is 5.75 Å². The number of likely N-dealkylation sites (tertiary alicyclic amines) is 1. The lowest BCUT2D eigenvalue weighted by atomic mass is 9.96. The first-order chi connectivity index (χ1) is 13.2. The fourth-order valence-corrected chi connectivity index (χ4v) is 4.19. The van der Waals surface area contributed by atoms with Crippen LogP contribution in [0.4, 0.5) is 0 Å². The Labute approximate surface area is 185 Å². The van der Waals surface area contributed by atoms with Crippen LogP contribution in [0.25, 0.3) is 0 Å². The van der Waals surface area contributed by atoms with Crippen LogP contribution in [-0.2, 0) is 5.41 Å². The third-order valence-electron chi connectivity index (χ3n) is 6.11. The Kier molecular flexibility index (Phi) is 6.86. The van der Waals surface area contributed by atoms with Gasteiger partial charge in [-0.15, -0.1) is 24.0 Å². The Hall–Kier alpha value is -1.76. The highest BCUT2D eigenvalue weighted by atomic mass is 127. The van der Waals surface area contributed by atoms with Crippen molar-refractivity contribution in [2.45, 2.75) is 30.6 Å². The van der Waals surface area contributed by atoms with Crippen LogP contribution < -0.4 is 10.1 Å². The molecule has 28 heavy (non-hydrogen) atoms. The topological polar surface area (TPSA) is 36.9 Å². The minimum Gasteiger partial charge on any atom is -0.497 e. The molecule has 0 amide bonds. The molecule has 150 valence electrons. The summed E-state index contributed by atoms with van der Waals surface area (Å²) in [5, 5.41) is 3.66. The number of hydrogen-bond donors (Lipinski definition) is 1. The van der Waals surface area contributed by atoms with Crippen LogP contribution in [0.15, 0.2) is 59.6 Å². The summed E-state index contributed by atoms with van der Waals surface area (Å²) in [5.74, 6) is 2.51. The number of benzene rings is 2. The fourth-order valence-electron chi connectivity index (χ4n) is 4.19. The number of aliphatic imine (C=N–C) groups is 1. The molecule has 1 aliphatic heterocycles. The summed E-state index contributed by atoms with van der Waals surface area (Å²) >= 11 is 0. The third-order valence-corrected chi connectivity index (χ3v) is 6.11. The molecule has 5 heteroatoms. The van der Waals surface area contributed by atoms with E-state index < -0.39 is 0 Å². The molecule has 0 spiro atoms. The predicted molar refractivity (Wildman–Crippen MR) is 126 cm³/mol. The van der Waals surface area contributed by atoms with Gasteiger partial charge in [-0.3, -0.25) is 4.99 Å². The number of hydrogen-bond acceptors (Lipinski definition) is 2. The highest BCUT2D eigenvalue weighted by Gasteiger charge is 2.44. The molecular formula is C23H30IN3O. The average molecular weight is 491 g/mol. The normalized spacial score (nSPS) is 20.4. The van der Waals surface area contributed by atoms with E-state index in [2.05, 4.69) is 69.8 Å². The van der Waals surface area contributed by atoms with E-state index in [0.29, 0.717) is 11.3 Å². The van der Waals surface area contributed by atoms with E-state index in [1.807, 2.05) is 7.05 Å². The largest absolute Gasteiger partial charge is 0.497 e. The van der Waals surface area contributed by atoms with Crippen molar-refractivity contribution >= 4 is 29.9 Å². The lowest BCUT2D eigenvalue weighted by Gasteiger charge is -2.25. The summed E-state index contributed by atoms with van der Waals surface area (Å²) in [6.45, 7) is 3.03. The zero-order valence-corrected chi connectivity index (χ0v) is 19.1. The lowest BCUT2D eigenvalue weighted by molar-refractivity contribution is 0.414. The van der Waals surface area contributed by atoms with Gasteiger partial charge in [0, 0.05) is 38.0 Å². The minimum absolute atomic E-state index is 0. The second-order valence-corrected chi connectivity index (χ2v) is 7.75. The molecule has 4 rings (SSSR count). The maximum absolute atomic E-state index is 5.28. The van der Waals surface area contributed by atoms with Crippen LogP contribution in [-0.4, -0.2) is 44.7 Å². The molecule has 2 aromatic rings. The van der Waals surface area contributed by atoms with E-state index in [1.165, 1.54) is 24.0 Å². The highest BCUT2D eigenvalue weighted by molar-refractivity contribution is 14.0. The van der Waals surface area contributed by atoms with Crippen molar-refractivity contribution in [1.82, 2.24) is 10.2 Å². The van der Waals surface area contributed by atoms with Crippen molar-refractivity contribution in [2.24, 2.45) is 4.99 Å². The van der Waals surface area contributed by atoms with Crippen molar-refractivity contribution in [1.29, 1.82) is 0 Å². The van der Waals surface area contributed by atoms with Crippen LogP contribution in [0.2, 0.25) is 0 Å². The number of ether oxygens (including phenoxy) is 1. The van der Waals surface area contributed by atoms with Crippen molar-refractivity contribution in [3.8, 4) is 5.75 Å². The first-order valence-electron chi connectivity index (χ1n) is 9.89. The van der Waals surface area contributed by atoms with Gasteiger partial charge in [-0.2, -0.15) is 0 Å². The van der Waals surface area contributed by atoms with Gasteiger partial charge >= 0.3 is 0 Å². The molecule has 1 atom stereocenters. The van der Waals surface area contributed by atoms with E-state index in [9.17, 15) is 0 Å². The number of nitrogens with zero attached hydrogens (tertiary/aromatic N) is 2. The molecule has 1 heterocycles. The zero-order valence-electron chi connectivity index (χ0n) is 16.7. The molecule has 1 saturated carbocycles. The Morgan fingerprint density at radius 3 is 2.46 bits per heavy atom. The van der Waals surface area contributed by atoms with Crippen LogP contribution in [0.1, 0.15) is 36.3 Å². The van der Waals surface area contributed by atoms with Gasteiger partial charge in [-0.05, 0) is 42.5 Å². The molecule has 1 N–H and O–H groups in total. The minimum atomic E-state index is 0. The molecule has 4 nitrogen and oxygen atoms in total. The Morgan fingerprint density at radius 1 is 1.14 bits per heavy atom. The van der Waals surface area contributed by atoms with E-state index in [0.717, 1.165) is 37.8 Å². The monoisotopic (exact) mass is 491 g/mol. The summed E-state index contributed by atoms with van der Waals surface area (Å²) in [4.78, 5) is 6.96. The lowest BCUT2D eigenvalue weighted by Crippen LogP contribution is -2.43. The third kappa shape index (κ3) is 4.45. The average Bonchev–Trinajstić information content (AvgIpc) is 3.37. The van der Waals surface area contributed by atoms with Crippen molar-refractivity contribution in [3.05, 3.63) is 65.7 Å². The summed E-state index contributed by atoms with van der Waals surface area (Å²) in [7, 11) is 3.61. The maximum Gasteiger partial charge on any atom is 0.193 e. The van der Waals surface area contributed by atoms with Gasteiger partial charge in [-0.1, -0.05) is 42.5 Å². The Morgan fingerprint density at radius 2 is 1.86 bits per heavy atom. The Bertz CT molecular complexity index is 787. The first-order valence-corrected chi connectivity index (χ1v) is 9.89. The SMILES string of the molecule is CN=C(NCC1(c2ccccc2)CC1)N1CCC(c2ccc(OC)cc2)C1.I. The number of rotatable bonds is 5. The van der Waals surface area contributed by atoms with E-state index >= 15 is 0 Å². The van der Waals surface area contributed by atoms with Crippen molar-refractivity contribution in [2.75, 3.05) is 33.8 Å². The molecule has 1 unspecified atom stereocenters. The fraction of sp³-hybridized carbons (Fsp3) is 0.435. The zero-order chi connectivity index (χ0) is 18.7. The van der Waals surface area contributed by atoms with Crippen LogP contribution in [0.5, 0.6) is 5.75 Å². The predicted octanol–water partition coefficient (Wildman–Crippen LogP) is 4.41. The van der Waals surface area contributed by atoms with Gasteiger partial charge in [-0.25, -0.2) is 0 Å². The summed E-state index contributed by atoms with van der Waals surface area (Å²) in [6.07, 6.45) is 3.68. The molecule has 2 fully saturated rings. The molecule has 0 radical (unpaired) electrons. The smallest absolute Gasteiger partial charge is 0.193 e. The van der Waals surface area contributed by atoms with E-state index in [-0.39, 0.29) is 24.0 Å². The van der Waals surface area contributed by atoms with Gasteiger partial charge < -0.3 is 15.0 Å². The van der Waals surface area contributed by atoms with Crippen LogP contribution in [0, 0.1) is 0 Å². The standard InChI is InChI=1S/C23H29N3O.HI/c1-24-22(25-17-23(13-14-23)20-6-4-3-5-7-20)26-15-12-19(16-26)18-8-10-21(27-2)11-9-18;/h3-11,19H,12-17H2,1-2H3,(H,24,25);1H. The molecule has 2 aliphatic rings. The first kappa shape index (κ1) is 21.0. The van der Waals surface area contributed by atoms with Crippen LogP contribution in [0.3, 0.4) is 0 Å². The number of methoxy groups -OCH3 is 1. The van der Waals surface area contributed by atoms with Gasteiger partial charge in [0.25, 0.3) is 0 Å². The number of guanidine groups is 1. The second-order valence-electron chi connectivity index (χ2n) is 7.75.